The van der Waals surface area contributed by atoms with Crippen LogP contribution in [0.5, 0.6) is 0 Å². The van der Waals surface area contributed by atoms with Crippen LogP contribution < -0.4 is 5.73 Å². The molecule has 1 atom stereocenters. The number of aromatic nitrogens is 2. The lowest BCUT2D eigenvalue weighted by atomic mass is 9.77. The highest BCUT2D eigenvalue weighted by atomic mass is 14.8. The van der Waals surface area contributed by atoms with Gasteiger partial charge in [-0.05, 0) is 31.6 Å². The number of hydrogen-bond donors (Lipinski definition) is 1. The Kier molecular flexibility index (Phi) is 4.11. The minimum absolute atomic E-state index is 0.0703. The number of nitrogens with zero attached hydrogens (tertiary/aromatic N) is 2. The second-order valence-corrected chi connectivity index (χ2v) is 5.30. The molecule has 0 amide bonds. The van der Waals surface area contributed by atoms with E-state index in [1.165, 1.54) is 32.1 Å². The molecule has 1 fully saturated rings. The first-order valence-electron chi connectivity index (χ1n) is 6.74. The van der Waals surface area contributed by atoms with E-state index >= 15 is 0 Å². The van der Waals surface area contributed by atoms with Crippen molar-refractivity contribution in [3.05, 3.63) is 23.8 Å². The molecule has 1 aromatic heterocycles. The van der Waals surface area contributed by atoms with Crippen LogP contribution in [-0.2, 0) is 0 Å². The topological polar surface area (TPSA) is 51.8 Å². The summed E-state index contributed by atoms with van der Waals surface area (Å²) in [6.07, 6.45) is 10.1. The largest absolute Gasteiger partial charge is 0.322 e. The molecule has 1 saturated carbocycles. The van der Waals surface area contributed by atoms with Crippen LogP contribution in [0.15, 0.2) is 12.4 Å². The van der Waals surface area contributed by atoms with Crippen LogP contribution in [0, 0.1) is 18.8 Å². The highest BCUT2D eigenvalue weighted by Crippen LogP contribution is 2.36. The lowest BCUT2D eigenvalue weighted by Gasteiger charge is -2.31. The third kappa shape index (κ3) is 3.03. The molecule has 0 radical (unpaired) electrons. The summed E-state index contributed by atoms with van der Waals surface area (Å²) < 4.78 is 0. The molecular formula is C14H23N3. The summed E-state index contributed by atoms with van der Waals surface area (Å²) >= 11 is 0. The molecule has 0 bridgehead atoms. The lowest BCUT2D eigenvalue weighted by Crippen LogP contribution is -2.26. The summed E-state index contributed by atoms with van der Waals surface area (Å²) in [6.45, 7) is 4.24. The summed E-state index contributed by atoms with van der Waals surface area (Å²) in [4.78, 5) is 8.69. The van der Waals surface area contributed by atoms with E-state index in [1.54, 1.807) is 0 Å². The Hall–Kier alpha value is -0.960. The zero-order valence-electron chi connectivity index (χ0n) is 10.9. The Morgan fingerprint density at radius 3 is 2.47 bits per heavy atom. The van der Waals surface area contributed by atoms with Gasteiger partial charge in [0.05, 0.1) is 23.6 Å². The van der Waals surface area contributed by atoms with Crippen LogP contribution in [0.1, 0.15) is 56.5 Å². The van der Waals surface area contributed by atoms with E-state index in [9.17, 15) is 0 Å². The molecule has 2 rings (SSSR count). The van der Waals surface area contributed by atoms with Crippen LogP contribution in [0.2, 0.25) is 0 Å². The minimum Gasteiger partial charge on any atom is -0.322 e. The van der Waals surface area contributed by atoms with Crippen molar-refractivity contribution in [1.82, 2.24) is 9.97 Å². The van der Waals surface area contributed by atoms with E-state index in [-0.39, 0.29) is 6.04 Å². The number of aryl methyl sites for hydroxylation is 1. The van der Waals surface area contributed by atoms with Crippen molar-refractivity contribution >= 4 is 0 Å². The summed E-state index contributed by atoms with van der Waals surface area (Å²) in [5.74, 6) is 1.51. The molecule has 17 heavy (non-hydrogen) atoms. The van der Waals surface area contributed by atoms with Crippen LogP contribution in [0.3, 0.4) is 0 Å². The zero-order valence-corrected chi connectivity index (χ0v) is 10.9. The fourth-order valence-corrected chi connectivity index (χ4v) is 2.77. The van der Waals surface area contributed by atoms with Crippen LogP contribution in [0.25, 0.3) is 0 Å². The molecule has 1 unspecified atom stereocenters. The van der Waals surface area contributed by atoms with Crippen molar-refractivity contribution in [1.29, 1.82) is 0 Å². The van der Waals surface area contributed by atoms with Crippen molar-refractivity contribution in [3.63, 3.8) is 0 Å². The standard InChI is InChI=1S/C14H23N3/c1-3-11-4-6-12(7-5-11)14(15)13-9-16-10(2)8-17-13/h8-9,11-12,14H,3-7,15H2,1-2H3. The summed E-state index contributed by atoms with van der Waals surface area (Å²) in [6, 6.07) is 0.0703. The van der Waals surface area contributed by atoms with Gasteiger partial charge < -0.3 is 5.73 Å². The maximum absolute atomic E-state index is 6.30. The van der Waals surface area contributed by atoms with E-state index in [1.807, 2.05) is 19.3 Å². The zero-order chi connectivity index (χ0) is 12.3. The molecule has 1 aromatic rings. The number of hydrogen-bond acceptors (Lipinski definition) is 3. The highest BCUT2D eigenvalue weighted by molar-refractivity contribution is 5.06. The van der Waals surface area contributed by atoms with Crippen molar-refractivity contribution in [2.45, 2.75) is 52.0 Å². The Morgan fingerprint density at radius 2 is 1.94 bits per heavy atom. The van der Waals surface area contributed by atoms with E-state index in [4.69, 9.17) is 5.73 Å². The second kappa shape index (κ2) is 5.58. The predicted molar refractivity (Wildman–Crippen MR) is 69.4 cm³/mol. The Bertz CT molecular complexity index is 339. The molecule has 1 aliphatic rings. The first-order valence-corrected chi connectivity index (χ1v) is 6.74. The van der Waals surface area contributed by atoms with Crippen molar-refractivity contribution in [2.24, 2.45) is 17.6 Å². The Balaban J connectivity index is 1.96. The first-order chi connectivity index (χ1) is 8.20. The molecule has 94 valence electrons. The van der Waals surface area contributed by atoms with Gasteiger partial charge >= 0.3 is 0 Å². The SMILES string of the molecule is CCC1CCC(C(N)c2cnc(C)cn2)CC1. The first kappa shape index (κ1) is 12.5. The monoisotopic (exact) mass is 233 g/mol. The Labute approximate surface area is 104 Å². The molecule has 0 saturated heterocycles. The summed E-state index contributed by atoms with van der Waals surface area (Å²) in [5, 5.41) is 0. The quantitative estimate of drug-likeness (QED) is 0.873. The van der Waals surface area contributed by atoms with Gasteiger partial charge in [0.15, 0.2) is 0 Å². The molecule has 2 N–H and O–H groups in total. The number of rotatable bonds is 3. The molecule has 3 heteroatoms. The predicted octanol–water partition coefficient (Wildman–Crippen LogP) is 3.00. The molecule has 1 aliphatic carbocycles. The Morgan fingerprint density at radius 1 is 1.24 bits per heavy atom. The number of nitrogens with two attached hydrogens (primary N) is 1. The van der Waals surface area contributed by atoms with E-state index in [0.29, 0.717) is 5.92 Å². The van der Waals surface area contributed by atoms with Gasteiger partial charge in [-0.2, -0.15) is 0 Å². The molecule has 0 spiro atoms. The van der Waals surface area contributed by atoms with Gasteiger partial charge in [-0.1, -0.05) is 26.2 Å². The van der Waals surface area contributed by atoms with Crippen LogP contribution >= 0.6 is 0 Å². The maximum atomic E-state index is 6.30. The fraction of sp³-hybridized carbons (Fsp3) is 0.714. The van der Waals surface area contributed by atoms with Gasteiger partial charge in [0.25, 0.3) is 0 Å². The molecule has 1 heterocycles. The third-order valence-corrected chi connectivity index (χ3v) is 4.12. The third-order valence-electron chi connectivity index (χ3n) is 4.12. The molecule has 0 aliphatic heterocycles. The van der Waals surface area contributed by atoms with Gasteiger partial charge in [0.2, 0.25) is 0 Å². The van der Waals surface area contributed by atoms with Gasteiger partial charge in [-0.3, -0.25) is 9.97 Å². The van der Waals surface area contributed by atoms with Crippen molar-refractivity contribution in [3.8, 4) is 0 Å². The van der Waals surface area contributed by atoms with Gasteiger partial charge in [-0.15, -0.1) is 0 Å². The van der Waals surface area contributed by atoms with E-state index in [0.717, 1.165) is 17.3 Å². The average molecular weight is 233 g/mol. The fourth-order valence-electron chi connectivity index (χ4n) is 2.77. The van der Waals surface area contributed by atoms with Crippen molar-refractivity contribution in [2.75, 3.05) is 0 Å². The molecule has 0 aromatic carbocycles. The smallest absolute Gasteiger partial charge is 0.0756 e. The maximum Gasteiger partial charge on any atom is 0.0756 e. The highest BCUT2D eigenvalue weighted by Gasteiger charge is 2.26. The van der Waals surface area contributed by atoms with Gasteiger partial charge in [-0.25, -0.2) is 0 Å². The summed E-state index contributed by atoms with van der Waals surface area (Å²) in [7, 11) is 0. The second-order valence-electron chi connectivity index (χ2n) is 5.30. The van der Waals surface area contributed by atoms with E-state index in [2.05, 4.69) is 16.9 Å². The minimum atomic E-state index is 0.0703. The van der Waals surface area contributed by atoms with Gasteiger partial charge in [0, 0.05) is 6.20 Å². The lowest BCUT2D eigenvalue weighted by molar-refractivity contribution is 0.238. The van der Waals surface area contributed by atoms with Crippen molar-refractivity contribution < 1.29 is 0 Å². The normalized spacial score (nSPS) is 26.8. The van der Waals surface area contributed by atoms with Crippen LogP contribution in [0.4, 0.5) is 0 Å². The van der Waals surface area contributed by atoms with E-state index < -0.39 is 0 Å². The summed E-state index contributed by atoms with van der Waals surface area (Å²) in [5.41, 5.74) is 8.21. The van der Waals surface area contributed by atoms with Gasteiger partial charge in [0.1, 0.15) is 0 Å². The van der Waals surface area contributed by atoms with Crippen LogP contribution in [-0.4, -0.2) is 9.97 Å². The molecule has 3 nitrogen and oxygen atoms in total. The average Bonchev–Trinajstić information content (AvgIpc) is 2.39. The molecular weight excluding hydrogens is 210 g/mol.